The van der Waals surface area contributed by atoms with Crippen LogP contribution in [0.25, 0.3) is 0 Å². The van der Waals surface area contributed by atoms with Gasteiger partial charge in [-0.2, -0.15) is 0 Å². The average molecular weight is 231 g/mol. The Morgan fingerprint density at radius 2 is 2.06 bits per heavy atom. The highest BCUT2D eigenvalue weighted by Gasteiger charge is 2.12. The lowest BCUT2D eigenvalue weighted by molar-refractivity contribution is 0.452. The third kappa shape index (κ3) is 2.88. The van der Waals surface area contributed by atoms with E-state index in [9.17, 15) is 0 Å². The molecule has 0 radical (unpaired) electrons. The second kappa shape index (κ2) is 5.54. The van der Waals surface area contributed by atoms with Gasteiger partial charge in [0.1, 0.15) is 0 Å². The highest BCUT2D eigenvalue weighted by molar-refractivity contribution is 5.15. The zero-order valence-electron chi connectivity index (χ0n) is 10.2. The van der Waals surface area contributed by atoms with Gasteiger partial charge in [0.15, 0.2) is 5.82 Å². The minimum Gasteiger partial charge on any atom is -0.313 e. The second-order valence-electron chi connectivity index (χ2n) is 4.11. The van der Waals surface area contributed by atoms with Crippen LogP contribution in [0.1, 0.15) is 24.4 Å². The summed E-state index contributed by atoms with van der Waals surface area (Å²) in [6, 6.07) is 10.6. The van der Waals surface area contributed by atoms with Crippen molar-refractivity contribution in [3.63, 3.8) is 0 Å². The fraction of sp³-hybridized carbons (Fsp3) is 0.417. The molecule has 0 saturated carbocycles. The van der Waals surface area contributed by atoms with Crippen molar-refractivity contribution in [2.45, 2.75) is 25.9 Å². The summed E-state index contributed by atoms with van der Waals surface area (Å²) in [5.41, 5.74) is 1.30. The number of hydrogen-bond acceptors (Lipinski definition) is 4. The van der Waals surface area contributed by atoms with E-state index in [1.165, 1.54) is 5.56 Å². The summed E-state index contributed by atoms with van der Waals surface area (Å²) >= 11 is 0. The molecule has 1 aromatic heterocycles. The first-order valence-electron chi connectivity index (χ1n) is 5.76. The second-order valence-corrected chi connectivity index (χ2v) is 4.11. The van der Waals surface area contributed by atoms with Crippen LogP contribution >= 0.6 is 0 Å². The molecule has 5 heteroatoms. The number of rotatable bonds is 5. The molecule has 0 aliphatic heterocycles. The average Bonchev–Trinajstić information content (AvgIpc) is 2.79. The molecule has 0 fully saturated rings. The first kappa shape index (κ1) is 11.7. The largest absolute Gasteiger partial charge is 0.313 e. The first-order valence-corrected chi connectivity index (χ1v) is 5.76. The predicted molar refractivity (Wildman–Crippen MR) is 65.4 cm³/mol. The summed E-state index contributed by atoms with van der Waals surface area (Å²) in [5, 5.41) is 14.8. The standard InChI is InChI=1S/C12H17N5/c1-10(8-11-6-4-3-5-7-11)17-12(9-13-2)14-15-16-17/h3-7,10,13H,8-9H2,1-2H3. The molecule has 1 aromatic carbocycles. The van der Waals surface area contributed by atoms with Gasteiger partial charge < -0.3 is 5.32 Å². The maximum absolute atomic E-state index is 4.05. The molecule has 0 aliphatic carbocycles. The van der Waals surface area contributed by atoms with Crippen LogP contribution in [0, 0.1) is 0 Å². The molecule has 0 saturated heterocycles. The third-order valence-electron chi connectivity index (χ3n) is 2.69. The molecule has 90 valence electrons. The van der Waals surface area contributed by atoms with E-state index >= 15 is 0 Å². The maximum Gasteiger partial charge on any atom is 0.165 e. The van der Waals surface area contributed by atoms with Crippen molar-refractivity contribution < 1.29 is 0 Å². The van der Waals surface area contributed by atoms with E-state index in [-0.39, 0.29) is 6.04 Å². The summed E-state index contributed by atoms with van der Waals surface area (Å²) in [7, 11) is 1.89. The van der Waals surface area contributed by atoms with Gasteiger partial charge in [-0.25, -0.2) is 4.68 Å². The van der Waals surface area contributed by atoms with E-state index in [1.807, 2.05) is 17.8 Å². The Morgan fingerprint density at radius 1 is 1.29 bits per heavy atom. The van der Waals surface area contributed by atoms with Gasteiger partial charge in [-0.05, 0) is 36.4 Å². The maximum atomic E-state index is 4.05. The van der Waals surface area contributed by atoms with Crippen LogP contribution in [0.2, 0.25) is 0 Å². The Morgan fingerprint density at radius 3 is 2.76 bits per heavy atom. The number of hydrogen-bond donors (Lipinski definition) is 1. The Bertz CT molecular complexity index is 451. The van der Waals surface area contributed by atoms with Crippen LogP contribution in [0.15, 0.2) is 30.3 Å². The fourth-order valence-corrected chi connectivity index (χ4v) is 1.87. The lowest BCUT2D eigenvalue weighted by Gasteiger charge is -2.13. The highest BCUT2D eigenvalue weighted by atomic mass is 15.6. The predicted octanol–water partition coefficient (Wildman–Crippen LogP) is 1.20. The summed E-state index contributed by atoms with van der Waals surface area (Å²) in [5.74, 6) is 0.871. The number of benzene rings is 1. The van der Waals surface area contributed by atoms with Gasteiger partial charge in [-0.15, -0.1) is 5.10 Å². The van der Waals surface area contributed by atoms with Gasteiger partial charge in [-0.3, -0.25) is 0 Å². The zero-order valence-corrected chi connectivity index (χ0v) is 10.2. The van der Waals surface area contributed by atoms with Crippen LogP contribution in [-0.2, 0) is 13.0 Å². The Balaban J connectivity index is 2.09. The monoisotopic (exact) mass is 231 g/mol. The molecule has 0 aliphatic rings. The summed E-state index contributed by atoms with van der Waals surface area (Å²) in [6.45, 7) is 2.81. The normalized spacial score (nSPS) is 12.6. The van der Waals surface area contributed by atoms with E-state index in [0.717, 1.165) is 12.2 Å². The van der Waals surface area contributed by atoms with Crippen molar-refractivity contribution in [3.05, 3.63) is 41.7 Å². The fourth-order valence-electron chi connectivity index (χ4n) is 1.87. The van der Waals surface area contributed by atoms with E-state index in [4.69, 9.17) is 0 Å². The minimum absolute atomic E-state index is 0.260. The first-order chi connectivity index (χ1) is 8.31. The summed E-state index contributed by atoms with van der Waals surface area (Å²) < 4.78 is 1.88. The number of nitrogens with one attached hydrogen (secondary N) is 1. The topological polar surface area (TPSA) is 55.6 Å². The van der Waals surface area contributed by atoms with E-state index < -0.39 is 0 Å². The molecule has 1 heterocycles. The molecule has 1 atom stereocenters. The van der Waals surface area contributed by atoms with Gasteiger partial charge in [0.2, 0.25) is 0 Å². The van der Waals surface area contributed by atoms with E-state index in [2.05, 4.69) is 52.0 Å². The number of aromatic nitrogens is 4. The molecule has 0 amide bonds. The van der Waals surface area contributed by atoms with Gasteiger partial charge in [0.25, 0.3) is 0 Å². The van der Waals surface area contributed by atoms with Crippen molar-refractivity contribution in [1.82, 2.24) is 25.5 Å². The minimum atomic E-state index is 0.260. The lowest BCUT2D eigenvalue weighted by Crippen LogP contribution is -2.17. The summed E-state index contributed by atoms with van der Waals surface area (Å²) in [6.07, 6.45) is 0.933. The van der Waals surface area contributed by atoms with Crippen molar-refractivity contribution in [2.24, 2.45) is 0 Å². The molecule has 0 spiro atoms. The molecule has 17 heavy (non-hydrogen) atoms. The van der Waals surface area contributed by atoms with Crippen molar-refractivity contribution >= 4 is 0 Å². The van der Waals surface area contributed by atoms with Crippen molar-refractivity contribution in [3.8, 4) is 0 Å². The van der Waals surface area contributed by atoms with Gasteiger partial charge in [0, 0.05) is 0 Å². The van der Waals surface area contributed by atoms with Gasteiger partial charge in [-0.1, -0.05) is 30.3 Å². The van der Waals surface area contributed by atoms with Crippen LogP contribution in [-0.4, -0.2) is 27.3 Å². The highest BCUT2D eigenvalue weighted by Crippen LogP contribution is 2.13. The van der Waals surface area contributed by atoms with E-state index in [0.29, 0.717) is 6.54 Å². The molecule has 2 rings (SSSR count). The molecular weight excluding hydrogens is 214 g/mol. The molecule has 1 N–H and O–H groups in total. The molecule has 5 nitrogen and oxygen atoms in total. The number of nitrogens with zero attached hydrogens (tertiary/aromatic N) is 4. The Hall–Kier alpha value is -1.75. The van der Waals surface area contributed by atoms with Crippen LogP contribution in [0.4, 0.5) is 0 Å². The smallest absolute Gasteiger partial charge is 0.165 e. The summed E-state index contributed by atoms with van der Waals surface area (Å²) in [4.78, 5) is 0. The lowest BCUT2D eigenvalue weighted by atomic mass is 10.1. The van der Waals surface area contributed by atoms with E-state index in [1.54, 1.807) is 0 Å². The molecular formula is C12H17N5. The van der Waals surface area contributed by atoms with Crippen molar-refractivity contribution in [1.29, 1.82) is 0 Å². The quantitative estimate of drug-likeness (QED) is 0.840. The van der Waals surface area contributed by atoms with Crippen LogP contribution in [0.3, 0.4) is 0 Å². The Kier molecular flexibility index (Phi) is 3.82. The number of tetrazole rings is 1. The Labute approximate surface area is 101 Å². The molecule has 2 aromatic rings. The SMILES string of the molecule is CNCc1nnnn1C(C)Cc1ccccc1. The molecule has 1 unspecified atom stereocenters. The third-order valence-corrected chi connectivity index (χ3v) is 2.69. The zero-order chi connectivity index (χ0) is 12.1. The van der Waals surface area contributed by atoms with Gasteiger partial charge in [0.05, 0.1) is 12.6 Å². The van der Waals surface area contributed by atoms with Crippen LogP contribution in [0.5, 0.6) is 0 Å². The van der Waals surface area contributed by atoms with Gasteiger partial charge >= 0.3 is 0 Å². The van der Waals surface area contributed by atoms with Crippen molar-refractivity contribution in [2.75, 3.05) is 7.05 Å². The van der Waals surface area contributed by atoms with Crippen LogP contribution < -0.4 is 5.32 Å². The molecule has 0 bridgehead atoms.